The summed E-state index contributed by atoms with van der Waals surface area (Å²) in [6, 6.07) is 1.08. The number of nitrogens with zero attached hydrogens (tertiary/aromatic N) is 2. The summed E-state index contributed by atoms with van der Waals surface area (Å²) in [4.78, 5) is 33.9. The quantitative estimate of drug-likeness (QED) is 0.326. The molecule has 9 nitrogen and oxygen atoms in total. The number of hydrogen-bond acceptors (Lipinski definition) is 4. The Labute approximate surface area is 88.2 Å². The number of carboxylic acids is 1. The molecular formula is C7H9N5O4. The predicted molar refractivity (Wildman–Crippen MR) is 54.0 cm³/mol. The van der Waals surface area contributed by atoms with Crippen molar-refractivity contribution in [2.45, 2.75) is 0 Å². The predicted octanol–water partition coefficient (Wildman–Crippen LogP) is -2.71. The van der Waals surface area contributed by atoms with Crippen LogP contribution in [0.25, 0.3) is 0 Å². The first-order valence-corrected chi connectivity index (χ1v) is 4.11. The minimum atomic E-state index is -1.12. The summed E-state index contributed by atoms with van der Waals surface area (Å²) < 4.78 is 0.769. The van der Waals surface area contributed by atoms with Crippen molar-refractivity contribution in [3.63, 3.8) is 0 Å². The molecule has 0 atom stereocenters. The molecule has 0 spiro atoms. The summed E-state index contributed by atoms with van der Waals surface area (Å²) in [5, 5.41) is 14.1. The molecule has 1 rings (SSSR count). The van der Waals surface area contributed by atoms with Crippen LogP contribution in [-0.2, 0) is 4.79 Å². The summed E-state index contributed by atoms with van der Waals surface area (Å²) in [6.07, 6.45) is 1.11. The molecule has 1 aromatic rings. The van der Waals surface area contributed by atoms with Crippen LogP contribution in [0.3, 0.4) is 0 Å². The highest BCUT2D eigenvalue weighted by molar-refractivity contribution is 5.82. The molecule has 1 heterocycles. The molecule has 0 unspecified atom stereocenters. The van der Waals surface area contributed by atoms with Crippen LogP contribution in [0.5, 0.6) is 0 Å². The molecule has 16 heavy (non-hydrogen) atoms. The maximum absolute atomic E-state index is 11.1. The number of carboxylic acid groups (broad SMARTS) is 1. The molecule has 0 radical (unpaired) electrons. The van der Waals surface area contributed by atoms with Gasteiger partial charge in [-0.15, -0.1) is 5.10 Å². The van der Waals surface area contributed by atoms with Crippen molar-refractivity contribution in [3.8, 4) is 0 Å². The molecule has 0 amide bonds. The average Bonchev–Trinajstić information content (AvgIpc) is 2.19. The largest absolute Gasteiger partial charge is 0.480 e. The lowest BCUT2D eigenvalue weighted by atomic mass is 10.6. The van der Waals surface area contributed by atoms with Crippen molar-refractivity contribution >= 4 is 11.9 Å². The van der Waals surface area contributed by atoms with E-state index in [1.54, 1.807) is 0 Å². The van der Waals surface area contributed by atoms with Crippen molar-refractivity contribution in [2.24, 2.45) is 10.8 Å². The van der Waals surface area contributed by atoms with Gasteiger partial charge in [-0.1, -0.05) is 0 Å². The van der Waals surface area contributed by atoms with Gasteiger partial charge in [0.05, 0.1) is 0 Å². The Bertz CT molecular complexity index is 528. The second-order valence-electron chi connectivity index (χ2n) is 2.69. The number of hydrogen-bond donors (Lipinski definition) is 4. The molecule has 86 valence electrons. The van der Waals surface area contributed by atoms with Gasteiger partial charge in [-0.25, -0.2) is 4.79 Å². The number of aromatic nitrogens is 2. The van der Waals surface area contributed by atoms with Crippen LogP contribution in [0.1, 0.15) is 0 Å². The third kappa shape index (κ3) is 3.29. The molecule has 0 aliphatic heterocycles. The van der Waals surface area contributed by atoms with Crippen LogP contribution >= 0.6 is 0 Å². The van der Waals surface area contributed by atoms with Gasteiger partial charge < -0.3 is 16.2 Å². The van der Waals surface area contributed by atoms with Crippen LogP contribution in [0.15, 0.2) is 27.0 Å². The van der Waals surface area contributed by atoms with E-state index in [-0.39, 0.29) is 5.96 Å². The lowest BCUT2D eigenvalue weighted by Crippen LogP contribution is -2.37. The fourth-order valence-corrected chi connectivity index (χ4v) is 0.807. The van der Waals surface area contributed by atoms with E-state index >= 15 is 0 Å². The zero-order valence-electron chi connectivity index (χ0n) is 8.01. The highest BCUT2D eigenvalue weighted by Crippen LogP contribution is 1.74. The van der Waals surface area contributed by atoms with Gasteiger partial charge >= 0.3 is 11.7 Å². The normalized spacial score (nSPS) is 11.1. The monoisotopic (exact) mass is 227 g/mol. The summed E-state index contributed by atoms with van der Waals surface area (Å²) in [6.45, 7) is -0.423. The van der Waals surface area contributed by atoms with Crippen molar-refractivity contribution in [1.82, 2.24) is 15.0 Å². The third-order valence-corrected chi connectivity index (χ3v) is 1.44. The van der Waals surface area contributed by atoms with Gasteiger partial charge in [0, 0.05) is 12.3 Å². The molecule has 0 aliphatic rings. The Hall–Kier alpha value is -2.58. The van der Waals surface area contributed by atoms with E-state index in [0.717, 1.165) is 16.9 Å². The van der Waals surface area contributed by atoms with Crippen LogP contribution in [0.2, 0.25) is 0 Å². The zero-order valence-corrected chi connectivity index (χ0v) is 8.01. The van der Waals surface area contributed by atoms with Crippen LogP contribution < -0.4 is 22.3 Å². The number of nitrogens with two attached hydrogens (primary N) is 1. The second kappa shape index (κ2) is 4.77. The molecule has 0 aliphatic carbocycles. The number of nitrogens with one attached hydrogen (secondary N) is 2. The van der Waals surface area contributed by atoms with Gasteiger partial charge in [0.1, 0.15) is 6.54 Å². The maximum Gasteiger partial charge on any atom is 0.349 e. The molecule has 1 aromatic heterocycles. The van der Waals surface area contributed by atoms with Crippen molar-refractivity contribution in [2.75, 3.05) is 6.54 Å². The maximum atomic E-state index is 11.1. The number of guanidine groups is 1. The molecule has 5 N–H and O–H groups in total. The number of rotatable bonds is 3. The van der Waals surface area contributed by atoms with Crippen molar-refractivity contribution < 1.29 is 9.90 Å². The van der Waals surface area contributed by atoms with E-state index in [9.17, 15) is 14.4 Å². The molecule has 0 aromatic carbocycles. The SMILES string of the molecule is NC(=Nn1ccc(=O)[nH]c1=O)NCC(=O)O. The zero-order chi connectivity index (χ0) is 12.1. The highest BCUT2D eigenvalue weighted by atomic mass is 16.4. The summed E-state index contributed by atoms with van der Waals surface area (Å²) in [5.74, 6) is -1.37. The van der Waals surface area contributed by atoms with Crippen LogP contribution in [0.4, 0.5) is 0 Å². The van der Waals surface area contributed by atoms with Gasteiger partial charge in [0.15, 0.2) is 0 Å². The lowest BCUT2D eigenvalue weighted by molar-refractivity contribution is -0.135. The van der Waals surface area contributed by atoms with Gasteiger partial charge in [0.25, 0.3) is 5.56 Å². The van der Waals surface area contributed by atoms with Crippen molar-refractivity contribution in [3.05, 3.63) is 33.1 Å². The van der Waals surface area contributed by atoms with E-state index in [1.807, 2.05) is 4.98 Å². The highest BCUT2D eigenvalue weighted by Gasteiger charge is 1.99. The van der Waals surface area contributed by atoms with E-state index in [2.05, 4.69) is 10.4 Å². The van der Waals surface area contributed by atoms with Crippen molar-refractivity contribution in [1.29, 1.82) is 0 Å². The van der Waals surface area contributed by atoms with Crippen LogP contribution in [-0.4, -0.2) is 33.2 Å². The fourth-order valence-electron chi connectivity index (χ4n) is 0.807. The Balaban J connectivity index is 2.86. The summed E-state index contributed by atoms with van der Waals surface area (Å²) >= 11 is 0. The Morgan fingerprint density at radius 1 is 1.62 bits per heavy atom. The molecule has 9 heteroatoms. The van der Waals surface area contributed by atoms with Gasteiger partial charge in [0.2, 0.25) is 5.96 Å². The van der Waals surface area contributed by atoms with E-state index in [0.29, 0.717) is 0 Å². The smallest absolute Gasteiger partial charge is 0.349 e. The first-order valence-electron chi connectivity index (χ1n) is 4.11. The summed E-state index contributed by atoms with van der Waals surface area (Å²) in [5.41, 5.74) is 3.95. The minimum absolute atomic E-state index is 0.253. The standard InChI is InChI=1S/C7H9N5O4/c8-6(9-3-5(14)15)11-12-2-1-4(13)10-7(12)16/h1-2H,3H2,(H,14,15)(H3,8,9,11)(H,10,13,16). The minimum Gasteiger partial charge on any atom is -0.480 e. The topological polar surface area (TPSA) is 143 Å². The Morgan fingerprint density at radius 2 is 2.31 bits per heavy atom. The van der Waals surface area contributed by atoms with Gasteiger partial charge in [-0.05, 0) is 0 Å². The number of H-pyrrole nitrogens is 1. The van der Waals surface area contributed by atoms with E-state index < -0.39 is 23.8 Å². The first kappa shape index (κ1) is 11.5. The molecule has 0 saturated carbocycles. The fraction of sp³-hybridized carbons (Fsp3) is 0.143. The third-order valence-electron chi connectivity index (χ3n) is 1.44. The van der Waals surface area contributed by atoms with Gasteiger partial charge in [-0.3, -0.25) is 14.6 Å². The molecular weight excluding hydrogens is 218 g/mol. The number of aromatic amines is 1. The van der Waals surface area contributed by atoms with Gasteiger partial charge in [-0.2, -0.15) is 4.68 Å². The van der Waals surface area contributed by atoms with E-state index in [4.69, 9.17) is 10.8 Å². The molecule has 0 saturated heterocycles. The number of aliphatic carboxylic acids is 1. The summed E-state index contributed by atoms with van der Waals surface area (Å²) in [7, 11) is 0. The second-order valence-corrected chi connectivity index (χ2v) is 2.69. The Morgan fingerprint density at radius 3 is 2.88 bits per heavy atom. The number of carbonyl (C=O) groups is 1. The molecule has 0 bridgehead atoms. The van der Waals surface area contributed by atoms with E-state index in [1.165, 1.54) is 0 Å². The first-order chi connectivity index (χ1) is 7.49. The Kier molecular flexibility index (Phi) is 3.43. The average molecular weight is 227 g/mol. The lowest BCUT2D eigenvalue weighted by Gasteiger charge is -2.02. The van der Waals surface area contributed by atoms with Crippen LogP contribution in [0, 0.1) is 0 Å². The molecule has 0 fully saturated rings.